The zero-order valence-corrected chi connectivity index (χ0v) is 19.9. The molecule has 1 N–H and O–H groups in total. The molecular weight excluding hydrogens is 478 g/mol. The first kappa shape index (κ1) is 23.5. The van der Waals surface area contributed by atoms with Crippen molar-refractivity contribution in [3.8, 4) is 11.4 Å². The number of amides is 1. The van der Waals surface area contributed by atoms with Crippen molar-refractivity contribution >= 4 is 50.6 Å². The summed E-state index contributed by atoms with van der Waals surface area (Å²) < 4.78 is 11.7. The molecule has 0 spiro atoms. The summed E-state index contributed by atoms with van der Waals surface area (Å²) in [6, 6.07) is 13.1. The molecule has 0 aliphatic carbocycles. The Morgan fingerprint density at radius 1 is 1.06 bits per heavy atom. The lowest BCUT2D eigenvalue weighted by atomic mass is 10.2. The van der Waals surface area contributed by atoms with Crippen molar-refractivity contribution in [1.82, 2.24) is 9.78 Å². The van der Waals surface area contributed by atoms with Gasteiger partial charge in [0.25, 0.3) is 11.5 Å². The van der Waals surface area contributed by atoms with E-state index < -0.39 is 17.4 Å². The number of hydrogen-bond donors (Lipinski definition) is 1. The van der Waals surface area contributed by atoms with Crippen molar-refractivity contribution in [3.63, 3.8) is 0 Å². The van der Waals surface area contributed by atoms with Gasteiger partial charge in [-0.2, -0.15) is 9.78 Å². The van der Waals surface area contributed by atoms with Crippen molar-refractivity contribution in [2.75, 3.05) is 18.5 Å². The first-order valence-corrected chi connectivity index (χ1v) is 11.7. The maximum atomic E-state index is 13.5. The molecule has 0 saturated heterocycles. The molecule has 0 atom stereocenters. The van der Waals surface area contributed by atoms with E-state index in [0.29, 0.717) is 39.0 Å². The summed E-state index contributed by atoms with van der Waals surface area (Å²) >= 11 is 7.03. The molecule has 0 bridgehead atoms. The van der Waals surface area contributed by atoms with E-state index in [1.54, 1.807) is 60.8 Å². The van der Waals surface area contributed by atoms with Crippen LogP contribution < -0.4 is 15.6 Å². The third-order valence-electron chi connectivity index (χ3n) is 4.85. The molecule has 174 valence electrons. The number of carbonyl (C=O) groups is 2. The van der Waals surface area contributed by atoms with Crippen LogP contribution in [0.15, 0.2) is 58.7 Å². The van der Waals surface area contributed by atoms with Crippen LogP contribution in [0.4, 0.5) is 5.00 Å². The van der Waals surface area contributed by atoms with Gasteiger partial charge in [0.1, 0.15) is 10.8 Å². The van der Waals surface area contributed by atoms with Crippen LogP contribution in [0.5, 0.6) is 5.75 Å². The third-order valence-corrected chi connectivity index (χ3v) is 5.99. The quantitative estimate of drug-likeness (QED) is 0.363. The fourth-order valence-electron chi connectivity index (χ4n) is 3.29. The normalized spacial score (nSPS) is 10.8. The number of carbonyl (C=O) groups excluding carboxylic acids is 2. The topological polar surface area (TPSA) is 99.5 Å². The average molecular weight is 498 g/mol. The molecule has 0 fully saturated rings. The van der Waals surface area contributed by atoms with Gasteiger partial charge >= 0.3 is 5.97 Å². The lowest BCUT2D eigenvalue weighted by Gasteiger charge is -2.11. The molecule has 8 nitrogen and oxygen atoms in total. The number of nitrogens with zero attached hydrogens (tertiary/aromatic N) is 2. The van der Waals surface area contributed by atoms with E-state index >= 15 is 0 Å². The third kappa shape index (κ3) is 4.66. The predicted octanol–water partition coefficient (Wildman–Crippen LogP) is 4.93. The highest BCUT2D eigenvalue weighted by Gasteiger charge is 2.23. The summed E-state index contributed by atoms with van der Waals surface area (Å²) in [5.41, 5.74) is 0.299. The van der Waals surface area contributed by atoms with E-state index in [9.17, 15) is 14.4 Å². The maximum Gasteiger partial charge on any atom is 0.359 e. The number of rotatable bonds is 7. The number of aromatic nitrogens is 2. The molecule has 34 heavy (non-hydrogen) atoms. The highest BCUT2D eigenvalue weighted by Crippen LogP contribution is 2.31. The van der Waals surface area contributed by atoms with Crippen LogP contribution in [0.1, 0.15) is 34.7 Å². The van der Waals surface area contributed by atoms with Crippen molar-refractivity contribution in [2.24, 2.45) is 0 Å². The van der Waals surface area contributed by atoms with Crippen LogP contribution in [0, 0.1) is 0 Å². The summed E-state index contributed by atoms with van der Waals surface area (Å²) in [6.07, 6.45) is 0. The van der Waals surface area contributed by atoms with E-state index in [1.807, 2.05) is 6.92 Å². The van der Waals surface area contributed by atoms with Crippen molar-refractivity contribution < 1.29 is 19.1 Å². The monoisotopic (exact) mass is 497 g/mol. The molecule has 0 radical (unpaired) electrons. The first-order chi connectivity index (χ1) is 16.4. The van der Waals surface area contributed by atoms with Gasteiger partial charge in [-0.25, -0.2) is 4.79 Å². The van der Waals surface area contributed by atoms with Gasteiger partial charge in [0.15, 0.2) is 5.69 Å². The second kappa shape index (κ2) is 10.1. The Kier molecular flexibility index (Phi) is 6.95. The lowest BCUT2D eigenvalue weighted by molar-refractivity contribution is 0.0520. The van der Waals surface area contributed by atoms with Crippen LogP contribution in [0.3, 0.4) is 0 Å². The van der Waals surface area contributed by atoms with Gasteiger partial charge in [0, 0.05) is 21.4 Å². The number of hydrogen-bond acceptors (Lipinski definition) is 7. The van der Waals surface area contributed by atoms with Crippen LogP contribution in [0.2, 0.25) is 5.02 Å². The minimum atomic E-state index is -0.666. The molecule has 1 amide bonds. The van der Waals surface area contributed by atoms with Crippen LogP contribution in [-0.4, -0.2) is 34.9 Å². The second-order valence-corrected chi connectivity index (χ2v) is 8.34. The molecular formula is C24H20ClN3O5S. The van der Waals surface area contributed by atoms with E-state index in [4.69, 9.17) is 21.1 Å². The van der Waals surface area contributed by atoms with E-state index in [-0.39, 0.29) is 17.7 Å². The Balaban J connectivity index is 1.84. The fourth-order valence-corrected chi connectivity index (χ4v) is 4.35. The summed E-state index contributed by atoms with van der Waals surface area (Å²) in [6.45, 7) is 4.20. The van der Waals surface area contributed by atoms with Gasteiger partial charge in [-0.1, -0.05) is 11.6 Å². The molecule has 0 aliphatic rings. The number of anilines is 1. The van der Waals surface area contributed by atoms with E-state index in [0.717, 1.165) is 16.0 Å². The van der Waals surface area contributed by atoms with Crippen molar-refractivity contribution in [2.45, 2.75) is 13.8 Å². The van der Waals surface area contributed by atoms with Crippen LogP contribution in [0.25, 0.3) is 16.5 Å². The number of nitrogens with one attached hydrogen (secondary N) is 1. The molecule has 0 saturated carbocycles. The Labute approximate surface area is 203 Å². The Morgan fingerprint density at radius 3 is 2.41 bits per heavy atom. The molecule has 2 aromatic carbocycles. The van der Waals surface area contributed by atoms with Crippen molar-refractivity contribution in [3.05, 3.63) is 80.5 Å². The maximum absolute atomic E-state index is 13.5. The number of benzene rings is 2. The van der Waals surface area contributed by atoms with Gasteiger partial charge in [0.05, 0.1) is 24.3 Å². The zero-order valence-electron chi connectivity index (χ0n) is 18.3. The van der Waals surface area contributed by atoms with Gasteiger partial charge in [-0.05, 0) is 62.4 Å². The summed E-state index contributed by atoms with van der Waals surface area (Å²) in [7, 11) is 0. The summed E-state index contributed by atoms with van der Waals surface area (Å²) in [5, 5.41) is 9.94. The summed E-state index contributed by atoms with van der Waals surface area (Å²) in [5.74, 6) is -0.445. The Bertz CT molecular complexity index is 1410. The number of fused-ring (bicyclic) bond motifs is 1. The van der Waals surface area contributed by atoms with Crippen molar-refractivity contribution in [1.29, 1.82) is 0 Å². The van der Waals surface area contributed by atoms with Crippen LogP contribution >= 0.6 is 22.9 Å². The highest BCUT2D eigenvalue weighted by molar-refractivity contribution is 7.16. The molecule has 2 aromatic heterocycles. The number of ether oxygens (including phenoxy) is 2. The van der Waals surface area contributed by atoms with Gasteiger partial charge in [-0.3, -0.25) is 9.59 Å². The molecule has 4 aromatic rings. The Morgan fingerprint density at radius 2 is 1.76 bits per heavy atom. The van der Waals surface area contributed by atoms with E-state index in [2.05, 4.69) is 10.4 Å². The largest absolute Gasteiger partial charge is 0.494 e. The zero-order chi connectivity index (χ0) is 24.2. The smallest absolute Gasteiger partial charge is 0.359 e. The Hall–Kier alpha value is -3.69. The minimum absolute atomic E-state index is 0.0198. The first-order valence-electron chi connectivity index (χ1n) is 10.4. The molecule has 2 heterocycles. The van der Waals surface area contributed by atoms with E-state index in [1.165, 1.54) is 0 Å². The molecule has 0 aliphatic heterocycles. The fraction of sp³-hybridized carbons (Fsp3) is 0.167. The molecule has 0 unspecified atom stereocenters. The molecule has 4 rings (SSSR count). The second-order valence-electron chi connectivity index (χ2n) is 7.03. The number of esters is 1. The number of halogens is 1. The number of thiophene rings is 1. The average Bonchev–Trinajstić information content (AvgIpc) is 3.25. The highest BCUT2D eigenvalue weighted by atomic mass is 35.5. The SMILES string of the molecule is CCOC(=O)c1nn(-c2ccc(OCC)cc2)c(=O)c2c(NC(=O)c3ccc(Cl)cc3)scc12. The standard InChI is InChI=1S/C24H20ClN3O5S/c1-3-32-17-11-9-16(10-12-17)28-23(30)19-18(20(27-28)24(31)33-4-2)13-34-22(19)26-21(29)14-5-7-15(25)8-6-14/h5-13H,3-4H2,1-2H3,(H,26,29). The van der Waals surface area contributed by atoms with Gasteiger partial charge < -0.3 is 14.8 Å². The summed E-state index contributed by atoms with van der Waals surface area (Å²) in [4.78, 5) is 38.9. The minimum Gasteiger partial charge on any atom is -0.494 e. The van der Waals surface area contributed by atoms with Gasteiger partial charge in [0.2, 0.25) is 0 Å². The van der Waals surface area contributed by atoms with Crippen LogP contribution in [-0.2, 0) is 4.74 Å². The molecule has 10 heteroatoms. The van der Waals surface area contributed by atoms with Gasteiger partial charge in [-0.15, -0.1) is 11.3 Å². The lowest BCUT2D eigenvalue weighted by Crippen LogP contribution is -2.25. The predicted molar refractivity (Wildman–Crippen MR) is 132 cm³/mol.